The Bertz CT molecular complexity index is 629. The summed E-state index contributed by atoms with van der Waals surface area (Å²) in [5.74, 6) is 0.0432. The second-order valence-corrected chi connectivity index (χ2v) is 5.75. The largest absolute Gasteiger partial charge is 0.481 e. The lowest BCUT2D eigenvalue weighted by molar-refractivity contribution is -0.118. The number of thioether (sulfide) groups is 1. The van der Waals surface area contributed by atoms with Gasteiger partial charge in [-0.05, 0) is 30.5 Å². The molecule has 0 aliphatic carbocycles. The van der Waals surface area contributed by atoms with Crippen molar-refractivity contribution in [2.75, 3.05) is 18.2 Å². The summed E-state index contributed by atoms with van der Waals surface area (Å²) in [6, 6.07) is 12.6. The van der Waals surface area contributed by atoms with Gasteiger partial charge in [-0.2, -0.15) is 0 Å². The average molecular weight is 342 g/mol. The molecule has 2 aromatic carbocycles. The molecule has 0 aliphatic heterocycles. The second kappa shape index (κ2) is 7.59. The third-order valence-electron chi connectivity index (χ3n) is 2.65. The van der Waals surface area contributed by atoms with E-state index in [-0.39, 0.29) is 12.5 Å². The number of hydrogen-bond acceptors (Lipinski definition) is 3. The molecule has 0 atom stereocenters. The summed E-state index contributed by atoms with van der Waals surface area (Å²) in [7, 11) is 0. The summed E-state index contributed by atoms with van der Waals surface area (Å²) in [6.45, 7) is -0.161. The fourth-order valence-electron chi connectivity index (χ4n) is 1.69. The van der Waals surface area contributed by atoms with Gasteiger partial charge in [0.2, 0.25) is 0 Å². The number of halogens is 2. The minimum Gasteiger partial charge on any atom is -0.481 e. The van der Waals surface area contributed by atoms with Crippen LogP contribution in [0.4, 0.5) is 5.69 Å². The van der Waals surface area contributed by atoms with Gasteiger partial charge in [-0.25, -0.2) is 0 Å². The Morgan fingerprint density at radius 1 is 1.14 bits per heavy atom. The smallest absolute Gasteiger partial charge is 0.262 e. The molecule has 0 saturated carbocycles. The topological polar surface area (TPSA) is 38.3 Å². The van der Waals surface area contributed by atoms with Crippen molar-refractivity contribution < 1.29 is 9.53 Å². The van der Waals surface area contributed by atoms with E-state index in [4.69, 9.17) is 27.9 Å². The zero-order chi connectivity index (χ0) is 15.2. The molecular weight excluding hydrogens is 329 g/mol. The highest BCUT2D eigenvalue weighted by atomic mass is 35.5. The predicted molar refractivity (Wildman–Crippen MR) is 88.8 cm³/mol. The summed E-state index contributed by atoms with van der Waals surface area (Å²) in [5.41, 5.74) is 0.754. The molecule has 2 aromatic rings. The molecule has 2 rings (SSSR count). The zero-order valence-electron chi connectivity index (χ0n) is 11.2. The van der Waals surface area contributed by atoms with Crippen molar-refractivity contribution in [1.82, 2.24) is 0 Å². The molecule has 3 nitrogen and oxygen atoms in total. The standard InChI is InChI=1S/C15H13Cl2NO2S/c1-21-13-8-3-2-7-12(13)18-14(19)9-20-15-10(16)5-4-6-11(15)17/h2-8H,9H2,1H3,(H,18,19). The van der Waals surface area contributed by atoms with Crippen LogP contribution in [0, 0.1) is 0 Å². The van der Waals surface area contributed by atoms with Crippen molar-refractivity contribution in [3.8, 4) is 5.75 Å². The van der Waals surface area contributed by atoms with Gasteiger partial charge in [0.25, 0.3) is 5.91 Å². The molecule has 0 fully saturated rings. The molecular formula is C15H13Cl2NO2S. The number of para-hydroxylation sites is 2. The third-order valence-corrected chi connectivity index (χ3v) is 4.04. The molecule has 21 heavy (non-hydrogen) atoms. The second-order valence-electron chi connectivity index (χ2n) is 4.09. The number of ether oxygens (including phenoxy) is 1. The SMILES string of the molecule is CSc1ccccc1NC(=O)COc1c(Cl)cccc1Cl. The molecule has 0 bridgehead atoms. The van der Waals surface area contributed by atoms with Gasteiger partial charge in [0.15, 0.2) is 12.4 Å². The van der Waals surface area contributed by atoms with Gasteiger partial charge >= 0.3 is 0 Å². The van der Waals surface area contributed by atoms with Crippen LogP contribution in [-0.2, 0) is 4.79 Å². The van der Waals surface area contributed by atoms with Gasteiger partial charge in [0.05, 0.1) is 15.7 Å². The van der Waals surface area contributed by atoms with E-state index in [1.54, 1.807) is 30.0 Å². The van der Waals surface area contributed by atoms with Gasteiger partial charge in [0, 0.05) is 4.90 Å². The van der Waals surface area contributed by atoms with Crippen LogP contribution < -0.4 is 10.1 Å². The minimum atomic E-state index is -0.271. The summed E-state index contributed by atoms with van der Waals surface area (Å²) in [5, 5.41) is 3.55. The first-order chi connectivity index (χ1) is 10.1. The van der Waals surface area contributed by atoms with Crippen LogP contribution in [0.15, 0.2) is 47.4 Å². The van der Waals surface area contributed by atoms with Crippen molar-refractivity contribution in [2.24, 2.45) is 0 Å². The quantitative estimate of drug-likeness (QED) is 0.798. The number of amides is 1. The molecule has 1 amide bonds. The Balaban J connectivity index is 1.99. The third kappa shape index (κ3) is 4.30. The number of carbonyl (C=O) groups is 1. The summed E-state index contributed by atoms with van der Waals surface area (Å²) in [4.78, 5) is 12.9. The molecule has 0 aromatic heterocycles. The van der Waals surface area contributed by atoms with Crippen LogP contribution in [0.25, 0.3) is 0 Å². The Labute approximate surface area is 137 Å². The Hall–Kier alpha value is -1.36. The monoisotopic (exact) mass is 341 g/mol. The lowest BCUT2D eigenvalue weighted by atomic mass is 10.3. The van der Waals surface area contributed by atoms with E-state index < -0.39 is 0 Å². The lowest BCUT2D eigenvalue weighted by Crippen LogP contribution is -2.20. The van der Waals surface area contributed by atoms with Gasteiger partial charge < -0.3 is 10.1 Å². The van der Waals surface area contributed by atoms with E-state index in [0.717, 1.165) is 10.6 Å². The molecule has 0 saturated heterocycles. The fourth-order valence-corrected chi connectivity index (χ4v) is 2.75. The van der Waals surface area contributed by atoms with Crippen LogP contribution in [0.5, 0.6) is 5.75 Å². The van der Waals surface area contributed by atoms with E-state index in [0.29, 0.717) is 15.8 Å². The fraction of sp³-hybridized carbons (Fsp3) is 0.133. The molecule has 0 spiro atoms. The van der Waals surface area contributed by atoms with Crippen molar-refractivity contribution in [1.29, 1.82) is 0 Å². The lowest BCUT2D eigenvalue weighted by Gasteiger charge is -2.11. The minimum absolute atomic E-state index is 0.161. The summed E-state index contributed by atoms with van der Waals surface area (Å²) < 4.78 is 5.39. The molecule has 0 aliphatic rings. The average Bonchev–Trinajstić information content (AvgIpc) is 2.47. The van der Waals surface area contributed by atoms with E-state index in [9.17, 15) is 4.79 Å². The first-order valence-electron chi connectivity index (χ1n) is 6.11. The van der Waals surface area contributed by atoms with Crippen LogP contribution >= 0.6 is 35.0 Å². The van der Waals surface area contributed by atoms with Crippen LogP contribution in [0.1, 0.15) is 0 Å². The maximum atomic E-state index is 11.9. The Morgan fingerprint density at radius 3 is 2.48 bits per heavy atom. The number of carbonyl (C=O) groups excluding carboxylic acids is 1. The van der Waals surface area contributed by atoms with E-state index in [1.165, 1.54) is 0 Å². The van der Waals surface area contributed by atoms with Crippen LogP contribution in [-0.4, -0.2) is 18.8 Å². The van der Waals surface area contributed by atoms with Gasteiger partial charge in [-0.1, -0.05) is 41.4 Å². The van der Waals surface area contributed by atoms with Crippen LogP contribution in [0.3, 0.4) is 0 Å². The number of nitrogens with one attached hydrogen (secondary N) is 1. The van der Waals surface area contributed by atoms with E-state index in [1.807, 2.05) is 30.5 Å². The first-order valence-corrected chi connectivity index (χ1v) is 8.09. The van der Waals surface area contributed by atoms with Crippen molar-refractivity contribution >= 4 is 46.6 Å². The molecule has 0 unspecified atom stereocenters. The highest BCUT2D eigenvalue weighted by Crippen LogP contribution is 2.32. The van der Waals surface area contributed by atoms with E-state index >= 15 is 0 Å². The molecule has 6 heteroatoms. The molecule has 0 heterocycles. The first kappa shape index (κ1) is 16.0. The number of rotatable bonds is 5. The van der Waals surface area contributed by atoms with Gasteiger partial charge in [-0.3, -0.25) is 4.79 Å². The normalized spacial score (nSPS) is 10.2. The van der Waals surface area contributed by atoms with Crippen molar-refractivity contribution in [3.63, 3.8) is 0 Å². The summed E-state index contributed by atoms with van der Waals surface area (Å²) >= 11 is 13.5. The number of anilines is 1. The highest BCUT2D eigenvalue weighted by Gasteiger charge is 2.10. The van der Waals surface area contributed by atoms with E-state index in [2.05, 4.69) is 5.32 Å². The molecule has 110 valence electrons. The Kier molecular flexibility index (Phi) is 5.79. The Morgan fingerprint density at radius 2 is 1.81 bits per heavy atom. The maximum absolute atomic E-state index is 11.9. The zero-order valence-corrected chi connectivity index (χ0v) is 13.6. The van der Waals surface area contributed by atoms with Crippen molar-refractivity contribution in [3.05, 3.63) is 52.5 Å². The summed E-state index contributed by atoms with van der Waals surface area (Å²) in [6.07, 6.45) is 1.95. The molecule has 1 N–H and O–H groups in total. The number of hydrogen-bond donors (Lipinski definition) is 1. The van der Waals surface area contributed by atoms with Crippen molar-refractivity contribution in [2.45, 2.75) is 4.90 Å². The van der Waals surface area contributed by atoms with Crippen LogP contribution in [0.2, 0.25) is 10.0 Å². The maximum Gasteiger partial charge on any atom is 0.262 e. The highest BCUT2D eigenvalue weighted by molar-refractivity contribution is 7.98. The van der Waals surface area contributed by atoms with Gasteiger partial charge in [-0.15, -0.1) is 11.8 Å². The number of benzene rings is 2. The van der Waals surface area contributed by atoms with Gasteiger partial charge in [0.1, 0.15) is 0 Å². The predicted octanol–water partition coefficient (Wildman–Crippen LogP) is 4.73. The molecule has 0 radical (unpaired) electrons.